The van der Waals surface area contributed by atoms with E-state index in [9.17, 15) is 0 Å². The van der Waals surface area contributed by atoms with Crippen molar-refractivity contribution < 1.29 is 0 Å². The molecular formula is C12H16N2S3. The Kier molecular flexibility index (Phi) is 5.48. The maximum absolute atomic E-state index is 4.09. The number of nitrogens with zero attached hydrogens (tertiary/aromatic N) is 2. The molecule has 5 heteroatoms. The molecule has 2 aromatic heterocycles. The average Bonchev–Trinajstić information content (AvgIpc) is 2.99. The lowest BCUT2D eigenvalue weighted by atomic mass is 10.2. The van der Waals surface area contributed by atoms with Gasteiger partial charge in [0.1, 0.15) is 5.69 Å². The Morgan fingerprint density at radius 3 is 2.94 bits per heavy atom. The van der Waals surface area contributed by atoms with Gasteiger partial charge in [-0.2, -0.15) is 0 Å². The van der Waals surface area contributed by atoms with Gasteiger partial charge in [-0.05, 0) is 29.8 Å². The minimum absolute atomic E-state index is 1.00. The van der Waals surface area contributed by atoms with Crippen molar-refractivity contribution in [1.82, 2.24) is 9.59 Å². The first kappa shape index (κ1) is 13.1. The van der Waals surface area contributed by atoms with Gasteiger partial charge in [0.15, 0.2) is 0 Å². The first-order valence-corrected chi connectivity index (χ1v) is 8.59. The Morgan fingerprint density at radius 2 is 2.18 bits per heavy atom. The summed E-state index contributed by atoms with van der Waals surface area (Å²) in [6.07, 6.45) is 5.35. The summed E-state index contributed by atoms with van der Waals surface area (Å²) in [5.74, 6) is 1.23. The van der Waals surface area contributed by atoms with Gasteiger partial charge in [-0.1, -0.05) is 30.7 Å². The number of hydrogen-bond acceptors (Lipinski definition) is 5. The summed E-state index contributed by atoms with van der Waals surface area (Å²) in [6.45, 7) is 2.25. The molecule has 0 fully saturated rings. The van der Waals surface area contributed by atoms with E-state index in [1.807, 2.05) is 28.5 Å². The molecule has 0 spiro atoms. The zero-order chi connectivity index (χ0) is 11.9. The molecule has 92 valence electrons. The maximum Gasteiger partial charge on any atom is 0.106 e. The third kappa shape index (κ3) is 4.08. The van der Waals surface area contributed by atoms with Gasteiger partial charge >= 0.3 is 0 Å². The molecule has 2 nitrogen and oxygen atoms in total. The molecule has 2 rings (SSSR count). The van der Waals surface area contributed by atoms with Gasteiger partial charge in [-0.3, -0.25) is 0 Å². The van der Waals surface area contributed by atoms with E-state index in [4.69, 9.17) is 0 Å². The summed E-state index contributed by atoms with van der Waals surface area (Å²) in [6, 6.07) is 2.23. The van der Waals surface area contributed by atoms with E-state index in [0.29, 0.717) is 0 Å². The molecule has 2 aromatic rings. The van der Waals surface area contributed by atoms with Gasteiger partial charge in [0.05, 0.1) is 4.21 Å². The molecule has 0 atom stereocenters. The number of hydrogen-bond donors (Lipinski definition) is 0. The predicted molar refractivity (Wildman–Crippen MR) is 78.1 cm³/mol. The zero-order valence-electron chi connectivity index (χ0n) is 9.89. The molecule has 0 aliphatic heterocycles. The largest absolute Gasteiger partial charge is 0.138 e. The van der Waals surface area contributed by atoms with E-state index < -0.39 is 0 Å². The Morgan fingerprint density at radius 1 is 1.24 bits per heavy atom. The summed E-state index contributed by atoms with van der Waals surface area (Å²) in [5, 5.41) is 8.26. The van der Waals surface area contributed by atoms with Gasteiger partial charge < -0.3 is 0 Å². The van der Waals surface area contributed by atoms with E-state index in [2.05, 4.69) is 28.0 Å². The summed E-state index contributed by atoms with van der Waals surface area (Å²) in [7, 11) is 0. The topological polar surface area (TPSA) is 25.8 Å². The Balaban J connectivity index is 1.79. The predicted octanol–water partition coefficient (Wildman–Crippen LogP) is 4.94. The average molecular weight is 284 g/mol. The molecule has 0 aromatic carbocycles. The van der Waals surface area contributed by atoms with Crippen LogP contribution in [0.25, 0.3) is 11.3 Å². The fourth-order valence-corrected chi connectivity index (χ4v) is 4.04. The van der Waals surface area contributed by atoms with E-state index >= 15 is 0 Å². The molecule has 0 aliphatic carbocycles. The second-order valence-electron chi connectivity index (χ2n) is 3.85. The molecule has 0 saturated carbocycles. The SMILES string of the molecule is CCCCCCSc1cc(-c2csnn2)cs1. The fourth-order valence-electron chi connectivity index (χ4n) is 1.52. The zero-order valence-corrected chi connectivity index (χ0v) is 12.3. The number of unbranched alkanes of at least 4 members (excludes halogenated alkanes) is 3. The van der Waals surface area contributed by atoms with Crippen LogP contribution in [0.5, 0.6) is 0 Å². The van der Waals surface area contributed by atoms with Gasteiger partial charge in [-0.15, -0.1) is 28.2 Å². The highest BCUT2D eigenvalue weighted by Crippen LogP contribution is 2.32. The van der Waals surface area contributed by atoms with Gasteiger partial charge in [0, 0.05) is 16.3 Å². The van der Waals surface area contributed by atoms with Crippen molar-refractivity contribution in [2.75, 3.05) is 5.75 Å². The van der Waals surface area contributed by atoms with Gasteiger partial charge in [0.25, 0.3) is 0 Å². The minimum Gasteiger partial charge on any atom is -0.138 e. The van der Waals surface area contributed by atoms with Crippen LogP contribution in [0, 0.1) is 0 Å². The number of thiophene rings is 1. The van der Waals surface area contributed by atoms with Crippen LogP contribution >= 0.6 is 34.6 Å². The molecule has 0 N–H and O–H groups in total. The molecule has 0 unspecified atom stereocenters. The van der Waals surface area contributed by atoms with Crippen molar-refractivity contribution in [2.24, 2.45) is 0 Å². The van der Waals surface area contributed by atoms with Crippen molar-refractivity contribution >= 4 is 34.6 Å². The monoisotopic (exact) mass is 284 g/mol. The summed E-state index contributed by atoms with van der Waals surface area (Å²) >= 11 is 5.18. The van der Waals surface area contributed by atoms with E-state index in [-0.39, 0.29) is 0 Å². The molecule has 0 amide bonds. The molecule has 2 heterocycles. The maximum atomic E-state index is 4.09. The van der Waals surface area contributed by atoms with Crippen LogP contribution in [0.3, 0.4) is 0 Å². The fraction of sp³-hybridized carbons (Fsp3) is 0.500. The van der Waals surface area contributed by atoms with Gasteiger partial charge in [0.2, 0.25) is 0 Å². The van der Waals surface area contributed by atoms with Crippen molar-refractivity contribution in [3.05, 3.63) is 16.8 Å². The molecular weight excluding hydrogens is 268 g/mol. The first-order chi connectivity index (χ1) is 8.40. The molecule has 0 radical (unpaired) electrons. The second-order valence-corrected chi connectivity index (χ2v) is 6.77. The van der Waals surface area contributed by atoms with Crippen LogP contribution in [0.1, 0.15) is 32.6 Å². The van der Waals surface area contributed by atoms with Crippen molar-refractivity contribution in [3.8, 4) is 11.3 Å². The van der Waals surface area contributed by atoms with Gasteiger partial charge in [-0.25, -0.2) is 0 Å². The molecule has 0 aliphatic rings. The van der Waals surface area contributed by atoms with Crippen LogP contribution in [0.2, 0.25) is 0 Å². The molecule has 0 bridgehead atoms. The third-order valence-corrected chi connectivity index (χ3v) is 5.24. The lowest BCUT2D eigenvalue weighted by molar-refractivity contribution is 0.706. The third-order valence-electron chi connectivity index (χ3n) is 2.47. The van der Waals surface area contributed by atoms with E-state index in [0.717, 1.165) is 5.69 Å². The van der Waals surface area contributed by atoms with E-state index in [1.165, 1.54) is 52.7 Å². The molecule has 0 saturated heterocycles. The quantitative estimate of drug-likeness (QED) is 0.532. The normalized spacial score (nSPS) is 10.9. The molecule has 17 heavy (non-hydrogen) atoms. The highest BCUT2D eigenvalue weighted by Gasteiger charge is 2.05. The highest BCUT2D eigenvalue weighted by atomic mass is 32.2. The second kappa shape index (κ2) is 7.13. The Bertz CT molecular complexity index is 423. The first-order valence-electron chi connectivity index (χ1n) is 5.89. The van der Waals surface area contributed by atoms with Crippen LogP contribution in [0.4, 0.5) is 0 Å². The highest BCUT2D eigenvalue weighted by molar-refractivity contribution is 8.01. The smallest absolute Gasteiger partial charge is 0.106 e. The van der Waals surface area contributed by atoms with Crippen molar-refractivity contribution in [3.63, 3.8) is 0 Å². The summed E-state index contributed by atoms with van der Waals surface area (Å²) in [4.78, 5) is 0. The standard InChI is InChI=1S/C12H16N2S3/c1-2-3-4-5-6-15-12-7-10(8-16-12)11-9-17-14-13-11/h7-9H,2-6H2,1H3. The summed E-state index contributed by atoms with van der Waals surface area (Å²) < 4.78 is 5.29. The van der Waals surface area contributed by atoms with Crippen molar-refractivity contribution in [2.45, 2.75) is 36.8 Å². The Labute approximate surface area is 115 Å². The number of rotatable bonds is 7. The number of thioether (sulfide) groups is 1. The number of aromatic nitrogens is 2. The minimum atomic E-state index is 1.00. The lowest BCUT2D eigenvalue weighted by Gasteiger charge is -1.97. The summed E-state index contributed by atoms with van der Waals surface area (Å²) in [5.41, 5.74) is 2.21. The Hall–Kier alpha value is -0.390. The van der Waals surface area contributed by atoms with Crippen LogP contribution < -0.4 is 0 Å². The van der Waals surface area contributed by atoms with Crippen molar-refractivity contribution in [1.29, 1.82) is 0 Å². The van der Waals surface area contributed by atoms with Crippen LogP contribution in [-0.4, -0.2) is 15.3 Å². The lowest BCUT2D eigenvalue weighted by Crippen LogP contribution is -1.79. The van der Waals surface area contributed by atoms with Crippen LogP contribution in [0.15, 0.2) is 21.0 Å². The van der Waals surface area contributed by atoms with E-state index in [1.54, 1.807) is 0 Å². The van der Waals surface area contributed by atoms with Crippen LogP contribution in [-0.2, 0) is 0 Å².